The molecule has 1 heterocycles. The summed E-state index contributed by atoms with van der Waals surface area (Å²) in [5.41, 5.74) is 0. The van der Waals surface area contributed by atoms with Crippen LogP contribution in [0.15, 0.2) is 0 Å². The summed E-state index contributed by atoms with van der Waals surface area (Å²) in [5.74, 6) is 5.50. The minimum absolute atomic E-state index is 0.750. The molecule has 0 unspecified atom stereocenters. The van der Waals surface area contributed by atoms with Gasteiger partial charge in [-0.05, 0) is 14.0 Å². The first-order chi connectivity index (χ1) is 5.20. The quantitative estimate of drug-likeness (QED) is 0.375. The minimum Gasteiger partial charge on any atom is -0.304 e. The van der Waals surface area contributed by atoms with Crippen LogP contribution in [0.2, 0.25) is 0 Å². The van der Waals surface area contributed by atoms with Crippen molar-refractivity contribution in [1.82, 2.24) is 9.91 Å². The van der Waals surface area contributed by atoms with E-state index in [1.807, 2.05) is 5.01 Å². The second-order valence-corrected chi connectivity index (χ2v) is 2.57. The van der Waals surface area contributed by atoms with Crippen molar-refractivity contribution < 1.29 is 4.79 Å². The van der Waals surface area contributed by atoms with Crippen molar-refractivity contribution >= 4 is 6.29 Å². The number of nitrogens with two attached hydrogens (primary N) is 1. The van der Waals surface area contributed by atoms with E-state index in [1.165, 1.54) is 6.92 Å². The fourth-order valence-corrected chi connectivity index (χ4v) is 0.822. The van der Waals surface area contributed by atoms with E-state index in [0.717, 1.165) is 32.5 Å². The Hall–Kier alpha value is -0.450. The maximum absolute atomic E-state index is 8.81. The molecule has 0 aliphatic carbocycles. The second-order valence-electron chi connectivity index (χ2n) is 2.57. The highest BCUT2D eigenvalue weighted by atomic mass is 16.1. The van der Waals surface area contributed by atoms with Gasteiger partial charge >= 0.3 is 0 Å². The number of hydrogen-bond acceptors (Lipinski definition) is 4. The molecule has 4 nitrogen and oxygen atoms in total. The van der Waals surface area contributed by atoms with Crippen molar-refractivity contribution in [2.75, 3.05) is 33.2 Å². The van der Waals surface area contributed by atoms with Crippen molar-refractivity contribution in [2.24, 2.45) is 5.84 Å². The first kappa shape index (κ1) is 10.6. The number of likely N-dealkylation sites (N-methyl/N-ethyl adjacent to an activating group) is 1. The first-order valence-corrected chi connectivity index (χ1v) is 3.78. The number of carbonyl (C=O) groups is 1. The van der Waals surface area contributed by atoms with Gasteiger partial charge < -0.3 is 9.69 Å². The zero-order valence-electron chi connectivity index (χ0n) is 7.29. The van der Waals surface area contributed by atoms with E-state index >= 15 is 0 Å². The third kappa shape index (κ3) is 5.97. The van der Waals surface area contributed by atoms with Gasteiger partial charge in [0.15, 0.2) is 0 Å². The highest BCUT2D eigenvalue weighted by molar-refractivity contribution is 5.44. The van der Waals surface area contributed by atoms with Crippen molar-refractivity contribution in [3.8, 4) is 0 Å². The molecule has 2 N–H and O–H groups in total. The monoisotopic (exact) mass is 159 g/mol. The van der Waals surface area contributed by atoms with Crippen LogP contribution in [0.1, 0.15) is 6.92 Å². The predicted molar refractivity (Wildman–Crippen MR) is 45.0 cm³/mol. The molecule has 0 aromatic heterocycles. The molecule has 11 heavy (non-hydrogen) atoms. The number of piperazine rings is 1. The van der Waals surface area contributed by atoms with Gasteiger partial charge in [-0.15, -0.1) is 0 Å². The molecule has 0 aromatic rings. The van der Waals surface area contributed by atoms with Gasteiger partial charge in [0.25, 0.3) is 0 Å². The van der Waals surface area contributed by atoms with Crippen molar-refractivity contribution in [2.45, 2.75) is 6.92 Å². The number of nitrogens with zero attached hydrogens (tertiary/aromatic N) is 2. The molecule has 0 radical (unpaired) electrons. The third-order valence-electron chi connectivity index (χ3n) is 1.54. The Morgan fingerprint density at radius 2 is 1.64 bits per heavy atom. The van der Waals surface area contributed by atoms with Gasteiger partial charge in [0, 0.05) is 26.2 Å². The highest BCUT2D eigenvalue weighted by Gasteiger charge is 2.08. The maximum atomic E-state index is 8.81. The summed E-state index contributed by atoms with van der Waals surface area (Å²) in [6, 6.07) is 0. The van der Waals surface area contributed by atoms with Crippen LogP contribution in [0.5, 0.6) is 0 Å². The van der Waals surface area contributed by atoms with E-state index in [4.69, 9.17) is 10.6 Å². The normalized spacial score (nSPS) is 20.3. The van der Waals surface area contributed by atoms with Gasteiger partial charge in [-0.3, -0.25) is 5.84 Å². The van der Waals surface area contributed by atoms with Gasteiger partial charge in [0.05, 0.1) is 0 Å². The van der Waals surface area contributed by atoms with Crippen LogP contribution in [0.3, 0.4) is 0 Å². The lowest BCUT2D eigenvalue weighted by Gasteiger charge is -2.28. The minimum atomic E-state index is 0.750. The standard InChI is InChI=1S/C5H13N3.C2H4O/c1-7-2-4-8(6)5-3-7;1-2-3/h2-6H2,1H3;2H,1H3. The van der Waals surface area contributed by atoms with E-state index in [1.54, 1.807) is 0 Å². The Bertz CT molecular complexity index is 89.9. The third-order valence-corrected chi connectivity index (χ3v) is 1.54. The molecule has 1 rings (SSSR count). The molecule has 66 valence electrons. The maximum Gasteiger partial charge on any atom is 0.116 e. The van der Waals surface area contributed by atoms with E-state index in [-0.39, 0.29) is 0 Å². The molecular weight excluding hydrogens is 142 g/mol. The fraction of sp³-hybridized carbons (Fsp3) is 0.857. The molecule has 0 aromatic carbocycles. The summed E-state index contributed by atoms with van der Waals surface area (Å²) >= 11 is 0. The Morgan fingerprint density at radius 3 is 1.91 bits per heavy atom. The van der Waals surface area contributed by atoms with Gasteiger partial charge in [-0.25, -0.2) is 5.01 Å². The van der Waals surface area contributed by atoms with Gasteiger partial charge in [0.1, 0.15) is 6.29 Å². The molecular formula is C7H17N3O. The topological polar surface area (TPSA) is 49.6 Å². The van der Waals surface area contributed by atoms with E-state index in [0.29, 0.717) is 0 Å². The largest absolute Gasteiger partial charge is 0.304 e. The number of carbonyl (C=O) groups excluding carboxylic acids is 1. The number of hydrogen-bond donors (Lipinski definition) is 1. The molecule has 0 bridgehead atoms. The second kappa shape index (κ2) is 6.27. The Kier molecular flexibility index (Phi) is 6.02. The lowest BCUT2D eigenvalue weighted by Crippen LogP contribution is -2.47. The van der Waals surface area contributed by atoms with Crippen LogP contribution in [-0.2, 0) is 4.79 Å². The van der Waals surface area contributed by atoms with Crippen LogP contribution in [0.25, 0.3) is 0 Å². The van der Waals surface area contributed by atoms with Crippen LogP contribution in [0, 0.1) is 0 Å². The summed E-state index contributed by atoms with van der Waals surface area (Å²) < 4.78 is 0. The molecule has 1 aliphatic heterocycles. The fourth-order valence-electron chi connectivity index (χ4n) is 0.822. The molecule has 1 fully saturated rings. The first-order valence-electron chi connectivity index (χ1n) is 3.78. The Morgan fingerprint density at radius 1 is 1.27 bits per heavy atom. The zero-order valence-corrected chi connectivity index (χ0v) is 7.29. The summed E-state index contributed by atoms with van der Waals surface area (Å²) in [6.45, 7) is 5.68. The molecule has 0 spiro atoms. The lowest BCUT2D eigenvalue weighted by atomic mass is 10.4. The zero-order chi connectivity index (χ0) is 8.69. The van der Waals surface area contributed by atoms with Gasteiger partial charge in [0.2, 0.25) is 0 Å². The highest BCUT2D eigenvalue weighted by Crippen LogP contribution is 1.91. The van der Waals surface area contributed by atoms with E-state index < -0.39 is 0 Å². The average Bonchev–Trinajstić information content (AvgIpc) is 1.97. The van der Waals surface area contributed by atoms with Crippen molar-refractivity contribution in [3.05, 3.63) is 0 Å². The van der Waals surface area contributed by atoms with Crippen LogP contribution in [-0.4, -0.2) is 49.4 Å². The number of rotatable bonds is 0. The smallest absolute Gasteiger partial charge is 0.116 e. The lowest BCUT2D eigenvalue weighted by molar-refractivity contribution is -0.106. The van der Waals surface area contributed by atoms with Crippen LogP contribution >= 0.6 is 0 Å². The molecule has 0 atom stereocenters. The molecule has 0 amide bonds. The van der Waals surface area contributed by atoms with Gasteiger partial charge in [-0.1, -0.05) is 0 Å². The number of aldehydes is 1. The number of hydrazine groups is 1. The summed E-state index contributed by atoms with van der Waals surface area (Å²) in [6.07, 6.45) is 0.750. The predicted octanol–water partition coefficient (Wildman–Crippen LogP) is -0.687. The molecule has 1 aliphatic rings. The van der Waals surface area contributed by atoms with E-state index in [9.17, 15) is 0 Å². The Labute approximate surface area is 67.9 Å². The van der Waals surface area contributed by atoms with Crippen LogP contribution in [0.4, 0.5) is 0 Å². The van der Waals surface area contributed by atoms with Crippen molar-refractivity contribution in [3.63, 3.8) is 0 Å². The van der Waals surface area contributed by atoms with Crippen molar-refractivity contribution in [1.29, 1.82) is 0 Å². The van der Waals surface area contributed by atoms with Gasteiger partial charge in [-0.2, -0.15) is 0 Å². The molecule has 4 heteroatoms. The average molecular weight is 159 g/mol. The summed E-state index contributed by atoms with van der Waals surface area (Å²) in [7, 11) is 2.12. The SMILES string of the molecule is CC=O.CN1CCN(N)CC1. The Balaban J connectivity index is 0.000000292. The van der Waals surface area contributed by atoms with Crippen LogP contribution < -0.4 is 5.84 Å². The summed E-state index contributed by atoms with van der Waals surface area (Å²) in [5, 5.41) is 1.86. The molecule has 1 saturated heterocycles. The summed E-state index contributed by atoms with van der Waals surface area (Å²) in [4.78, 5) is 11.1. The molecule has 0 saturated carbocycles. The van der Waals surface area contributed by atoms with E-state index in [2.05, 4.69) is 11.9 Å².